The van der Waals surface area contributed by atoms with E-state index < -0.39 is 0 Å². The number of likely N-dealkylation sites (tertiary alicyclic amines) is 1. The molecule has 2 saturated heterocycles. The van der Waals surface area contributed by atoms with Crippen LogP contribution in [-0.4, -0.2) is 84.6 Å². The Morgan fingerprint density at radius 1 is 1.28 bits per heavy atom. The van der Waals surface area contributed by atoms with Crippen LogP contribution in [0.4, 0.5) is 0 Å². The molecule has 2 aliphatic rings. The van der Waals surface area contributed by atoms with Gasteiger partial charge in [0, 0.05) is 58.4 Å². The Bertz CT molecular complexity index is 877. The maximum atomic E-state index is 6.00. The van der Waals surface area contributed by atoms with Crippen molar-refractivity contribution in [3.63, 3.8) is 0 Å². The molecule has 8 heteroatoms. The molecular weight excluding hydrogens is 404 g/mol. The number of benzene rings is 1. The van der Waals surface area contributed by atoms with Crippen LogP contribution >= 0.6 is 0 Å². The number of ether oxygens (including phenoxy) is 2. The van der Waals surface area contributed by atoms with Crippen molar-refractivity contribution in [2.24, 2.45) is 12.0 Å². The summed E-state index contributed by atoms with van der Waals surface area (Å²) in [5.41, 5.74) is 2.47. The van der Waals surface area contributed by atoms with Gasteiger partial charge < -0.3 is 19.7 Å². The fourth-order valence-electron chi connectivity index (χ4n) is 4.32. The van der Waals surface area contributed by atoms with E-state index in [-0.39, 0.29) is 0 Å². The zero-order chi connectivity index (χ0) is 22.2. The zero-order valence-electron chi connectivity index (χ0n) is 19.4. The van der Waals surface area contributed by atoms with Crippen molar-refractivity contribution in [3.05, 3.63) is 47.8 Å². The number of guanidine groups is 1. The molecule has 2 aromatic rings. The van der Waals surface area contributed by atoms with Crippen LogP contribution in [0.3, 0.4) is 0 Å². The lowest BCUT2D eigenvalue weighted by Gasteiger charge is -2.26. The van der Waals surface area contributed by atoms with Gasteiger partial charge in [0.2, 0.25) is 0 Å². The molecule has 2 aliphatic heterocycles. The van der Waals surface area contributed by atoms with Crippen LogP contribution < -0.4 is 10.1 Å². The molecule has 3 heterocycles. The molecule has 1 aromatic heterocycles. The van der Waals surface area contributed by atoms with Gasteiger partial charge in [0.15, 0.2) is 5.96 Å². The molecule has 1 aromatic carbocycles. The van der Waals surface area contributed by atoms with Crippen LogP contribution in [0.2, 0.25) is 0 Å². The average molecular weight is 441 g/mol. The van der Waals surface area contributed by atoms with Crippen molar-refractivity contribution >= 4 is 5.96 Å². The highest BCUT2D eigenvalue weighted by Gasteiger charge is 2.26. The first-order valence-electron chi connectivity index (χ1n) is 11.7. The van der Waals surface area contributed by atoms with E-state index in [4.69, 9.17) is 14.5 Å². The molecule has 174 valence electrons. The second-order valence-electron chi connectivity index (χ2n) is 8.50. The smallest absolute Gasteiger partial charge is 0.194 e. The molecule has 0 saturated carbocycles. The molecule has 0 bridgehead atoms. The summed E-state index contributed by atoms with van der Waals surface area (Å²) in [6.45, 7) is 10.8. The number of morpholine rings is 1. The van der Waals surface area contributed by atoms with E-state index >= 15 is 0 Å². The molecule has 0 radical (unpaired) electrons. The Kier molecular flexibility index (Phi) is 8.01. The van der Waals surface area contributed by atoms with Gasteiger partial charge in [-0.05, 0) is 36.6 Å². The van der Waals surface area contributed by atoms with Gasteiger partial charge in [-0.15, -0.1) is 0 Å². The van der Waals surface area contributed by atoms with E-state index in [0.29, 0.717) is 19.1 Å². The summed E-state index contributed by atoms with van der Waals surface area (Å²) in [5, 5.41) is 7.80. The number of aryl methyl sites for hydroxylation is 1. The Morgan fingerprint density at radius 2 is 2.16 bits per heavy atom. The van der Waals surface area contributed by atoms with Crippen LogP contribution in [0.25, 0.3) is 0 Å². The molecule has 1 atom stereocenters. The SMILES string of the molecule is CCNC(=NCc1cccc(OCCN2CCOCC2)c1)N1CCC(c2cnn(C)c2)C1. The third-order valence-electron chi connectivity index (χ3n) is 6.11. The van der Waals surface area contributed by atoms with Crippen molar-refractivity contribution in [1.82, 2.24) is 24.9 Å². The fourth-order valence-corrected chi connectivity index (χ4v) is 4.32. The van der Waals surface area contributed by atoms with Crippen molar-refractivity contribution in [3.8, 4) is 5.75 Å². The zero-order valence-corrected chi connectivity index (χ0v) is 19.4. The van der Waals surface area contributed by atoms with Crippen molar-refractivity contribution in [2.45, 2.75) is 25.8 Å². The molecule has 2 fully saturated rings. The monoisotopic (exact) mass is 440 g/mol. The lowest BCUT2D eigenvalue weighted by atomic mass is 10.0. The topological polar surface area (TPSA) is 67.2 Å². The largest absolute Gasteiger partial charge is 0.492 e. The number of nitrogens with zero attached hydrogens (tertiary/aromatic N) is 5. The van der Waals surface area contributed by atoms with E-state index in [9.17, 15) is 0 Å². The van der Waals surface area contributed by atoms with E-state index in [1.54, 1.807) is 0 Å². The molecule has 1 N–H and O–H groups in total. The Hall–Kier alpha value is -2.58. The number of aromatic nitrogens is 2. The first-order chi connectivity index (χ1) is 15.7. The highest BCUT2D eigenvalue weighted by Crippen LogP contribution is 2.26. The second kappa shape index (κ2) is 11.3. The van der Waals surface area contributed by atoms with Crippen LogP contribution in [0, 0.1) is 0 Å². The minimum atomic E-state index is 0.510. The number of hydrogen-bond donors (Lipinski definition) is 1. The minimum Gasteiger partial charge on any atom is -0.492 e. The summed E-state index contributed by atoms with van der Waals surface area (Å²) in [6, 6.07) is 8.30. The molecule has 0 amide bonds. The third kappa shape index (κ3) is 6.23. The van der Waals surface area contributed by atoms with Crippen molar-refractivity contribution < 1.29 is 9.47 Å². The minimum absolute atomic E-state index is 0.510. The average Bonchev–Trinajstić information content (AvgIpc) is 3.47. The van der Waals surface area contributed by atoms with E-state index in [1.165, 1.54) is 5.56 Å². The summed E-state index contributed by atoms with van der Waals surface area (Å²) in [5.74, 6) is 2.40. The summed E-state index contributed by atoms with van der Waals surface area (Å²) < 4.78 is 13.3. The van der Waals surface area contributed by atoms with Gasteiger partial charge >= 0.3 is 0 Å². The van der Waals surface area contributed by atoms with E-state index in [1.807, 2.05) is 24.0 Å². The number of nitrogens with one attached hydrogen (secondary N) is 1. The summed E-state index contributed by atoms with van der Waals surface area (Å²) in [7, 11) is 1.97. The predicted molar refractivity (Wildman–Crippen MR) is 126 cm³/mol. The van der Waals surface area contributed by atoms with Gasteiger partial charge in [0.25, 0.3) is 0 Å². The van der Waals surface area contributed by atoms with Gasteiger partial charge in [0.1, 0.15) is 12.4 Å². The van der Waals surface area contributed by atoms with Gasteiger partial charge in [-0.2, -0.15) is 5.10 Å². The summed E-state index contributed by atoms with van der Waals surface area (Å²) in [4.78, 5) is 9.68. The van der Waals surface area contributed by atoms with Gasteiger partial charge in [-0.25, -0.2) is 4.99 Å². The Balaban J connectivity index is 1.31. The van der Waals surface area contributed by atoms with Gasteiger partial charge in [0.05, 0.1) is 26.0 Å². The van der Waals surface area contributed by atoms with E-state index in [0.717, 1.165) is 76.2 Å². The first-order valence-corrected chi connectivity index (χ1v) is 11.7. The Labute approximate surface area is 191 Å². The molecule has 32 heavy (non-hydrogen) atoms. The summed E-state index contributed by atoms with van der Waals surface area (Å²) >= 11 is 0. The quantitative estimate of drug-likeness (QED) is 0.501. The lowest BCUT2D eigenvalue weighted by molar-refractivity contribution is 0.0322. The molecule has 0 spiro atoms. The molecule has 8 nitrogen and oxygen atoms in total. The normalized spacial score (nSPS) is 20.0. The van der Waals surface area contributed by atoms with Crippen LogP contribution in [0.15, 0.2) is 41.7 Å². The van der Waals surface area contributed by atoms with E-state index in [2.05, 4.69) is 51.5 Å². The van der Waals surface area contributed by atoms with Crippen molar-refractivity contribution in [1.29, 1.82) is 0 Å². The summed E-state index contributed by atoms with van der Waals surface area (Å²) in [6.07, 6.45) is 5.24. The number of rotatable bonds is 8. The van der Waals surface area contributed by atoms with Gasteiger partial charge in [-0.3, -0.25) is 9.58 Å². The molecule has 4 rings (SSSR count). The van der Waals surface area contributed by atoms with Crippen molar-refractivity contribution in [2.75, 3.05) is 59.1 Å². The lowest BCUT2D eigenvalue weighted by Crippen LogP contribution is -2.40. The fraction of sp³-hybridized carbons (Fsp3) is 0.583. The molecule has 0 aliphatic carbocycles. The van der Waals surface area contributed by atoms with Crippen LogP contribution in [0.5, 0.6) is 5.75 Å². The maximum Gasteiger partial charge on any atom is 0.194 e. The van der Waals surface area contributed by atoms with Crippen LogP contribution in [0.1, 0.15) is 30.4 Å². The number of hydrogen-bond acceptors (Lipinski definition) is 5. The highest BCUT2D eigenvalue weighted by atomic mass is 16.5. The maximum absolute atomic E-state index is 6.00. The molecule has 1 unspecified atom stereocenters. The van der Waals surface area contributed by atoms with Gasteiger partial charge in [-0.1, -0.05) is 12.1 Å². The highest BCUT2D eigenvalue weighted by molar-refractivity contribution is 5.80. The Morgan fingerprint density at radius 3 is 2.94 bits per heavy atom. The number of aliphatic imine (C=N–C) groups is 1. The standard InChI is InChI=1S/C24H36N6O2/c1-3-25-24(30-8-7-21(19-30)22-17-27-28(2)18-22)26-16-20-5-4-6-23(15-20)32-14-11-29-9-12-31-13-10-29/h4-6,15,17-18,21H,3,7-14,16,19H2,1-2H3,(H,25,26). The van der Waals surface area contributed by atoms with Crippen LogP contribution in [-0.2, 0) is 18.3 Å². The molecular formula is C24H36N6O2. The first kappa shape index (κ1) is 22.6. The third-order valence-corrected chi connectivity index (χ3v) is 6.11. The predicted octanol–water partition coefficient (Wildman–Crippen LogP) is 2.09. The second-order valence-corrected chi connectivity index (χ2v) is 8.50.